The second-order valence-electron chi connectivity index (χ2n) is 7.57. The van der Waals surface area contributed by atoms with Crippen LogP contribution in [-0.2, 0) is 11.3 Å². The van der Waals surface area contributed by atoms with Crippen LogP contribution < -0.4 is 9.47 Å². The number of aryl methyl sites for hydroxylation is 1. The first-order chi connectivity index (χ1) is 14.4. The van der Waals surface area contributed by atoms with E-state index in [0.29, 0.717) is 36.9 Å². The minimum atomic E-state index is -0.539. The van der Waals surface area contributed by atoms with E-state index in [2.05, 4.69) is 18.9 Å². The van der Waals surface area contributed by atoms with Gasteiger partial charge in [-0.25, -0.2) is 0 Å². The topological polar surface area (TPSA) is 86.1 Å². The van der Waals surface area contributed by atoms with Crippen LogP contribution >= 0.6 is 0 Å². The van der Waals surface area contributed by atoms with Gasteiger partial charge in [-0.1, -0.05) is 19.9 Å². The number of carbonyl (C=O) groups excluding carboxylic acids is 1. The van der Waals surface area contributed by atoms with E-state index in [0.717, 1.165) is 11.3 Å². The van der Waals surface area contributed by atoms with Crippen molar-refractivity contribution in [1.29, 1.82) is 0 Å². The number of aliphatic hydroxyl groups excluding tert-OH is 1. The molecule has 1 fully saturated rings. The Bertz CT molecular complexity index is 880. The van der Waals surface area contributed by atoms with E-state index < -0.39 is 12.1 Å². The zero-order valence-electron chi connectivity index (χ0n) is 18.3. The van der Waals surface area contributed by atoms with Gasteiger partial charge in [0.25, 0.3) is 5.91 Å². The van der Waals surface area contributed by atoms with E-state index in [1.807, 2.05) is 25.1 Å². The molecule has 1 aromatic heterocycles. The fraction of sp³-hybridized carbons (Fsp3) is 0.545. The van der Waals surface area contributed by atoms with E-state index in [9.17, 15) is 9.90 Å². The molecule has 1 amide bonds. The Morgan fingerprint density at radius 1 is 1.27 bits per heavy atom. The van der Waals surface area contributed by atoms with E-state index in [1.54, 1.807) is 29.9 Å². The molecule has 3 rings (SSSR count). The molecule has 1 aliphatic heterocycles. The molecule has 0 radical (unpaired) electrons. The highest BCUT2D eigenvalue weighted by Gasteiger charge is 2.38. The minimum Gasteiger partial charge on any atom is -0.493 e. The number of carbonyl (C=O) groups is 1. The summed E-state index contributed by atoms with van der Waals surface area (Å²) < 4.78 is 18.3. The number of aliphatic hydroxyl groups is 1. The van der Waals surface area contributed by atoms with Crippen LogP contribution in [0.25, 0.3) is 0 Å². The van der Waals surface area contributed by atoms with Crippen molar-refractivity contribution in [3.05, 3.63) is 41.2 Å². The number of benzene rings is 1. The average molecular weight is 418 g/mol. The molecule has 30 heavy (non-hydrogen) atoms. The summed E-state index contributed by atoms with van der Waals surface area (Å²) in [5, 5.41) is 14.5. The van der Waals surface area contributed by atoms with Gasteiger partial charge in [-0.2, -0.15) is 5.10 Å². The van der Waals surface area contributed by atoms with Crippen LogP contribution in [0.3, 0.4) is 0 Å². The van der Waals surface area contributed by atoms with Gasteiger partial charge in [-0.05, 0) is 36.6 Å². The molecule has 0 unspecified atom stereocenters. The van der Waals surface area contributed by atoms with E-state index in [4.69, 9.17) is 14.2 Å². The van der Waals surface area contributed by atoms with Crippen molar-refractivity contribution in [3.63, 3.8) is 0 Å². The molecule has 0 spiro atoms. The van der Waals surface area contributed by atoms with Crippen LogP contribution in [-0.4, -0.2) is 65.8 Å². The van der Waals surface area contributed by atoms with Gasteiger partial charge in [0.1, 0.15) is 11.8 Å². The number of morpholine rings is 1. The molecule has 2 heterocycles. The summed E-state index contributed by atoms with van der Waals surface area (Å²) in [4.78, 5) is 15.4. The van der Waals surface area contributed by atoms with Crippen molar-refractivity contribution in [2.45, 2.75) is 45.4 Å². The smallest absolute Gasteiger partial charge is 0.272 e. The first-order valence-corrected chi connectivity index (χ1v) is 10.3. The maximum Gasteiger partial charge on any atom is 0.272 e. The van der Waals surface area contributed by atoms with Gasteiger partial charge in [-0.15, -0.1) is 0 Å². The molecule has 1 aliphatic rings. The number of methoxy groups -OCH3 is 2. The Morgan fingerprint density at radius 2 is 2.00 bits per heavy atom. The van der Waals surface area contributed by atoms with Gasteiger partial charge in [0.2, 0.25) is 0 Å². The van der Waals surface area contributed by atoms with Gasteiger partial charge in [0.15, 0.2) is 11.5 Å². The molecule has 1 N–H and O–H groups in total. The maximum absolute atomic E-state index is 13.6. The van der Waals surface area contributed by atoms with Gasteiger partial charge in [-0.3, -0.25) is 9.48 Å². The Balaban J connectivity index is 2.03. The summed E-state index contributed by atoms with van der Waals surface area (Å²) in [5.41, 5.74) is 2.24. The summed E-state index contributed by atoms with van der Waals surface area (Å²) in [7, 11) is 3.14. The highest BCUT2D eigenvalue weighted by atomic mass is 16.5. The molecule has 0 saturated carbocycles. The van der Waals surface area contributed by atoms with Crippen molar-refractivity contribution >= 4 is 5.91 Å². The lowest BCUT2D eigenvalue weighted by molar-refractivity contribution is -0.0814. The van der Waals surface area contributed by atoms with Crippen LogP contribution in [0.1, 0.15) is 54.5 Å². The molecule has 164 valence electrons. The molecular formula is C22H31N3O5. The second-order valence-corrected chi connectivity index (χ2v) is 7.57. The third-order valence-electron chi connectivity index (χ3n) is 5.45. The summed E-state index contributed by atoms with van der Waals surface area (Å²) >= 11 is 0. The van der Waals surface area contributed by atoms with E-state index in [1.165, 1.54) is 0 Å². The van der Waals surface area contributed by atoms with E-state index in [-0.39, 0.29) is 18.4 Å². The molecule has 0 bridgehead atoms. The third-order valence-corrected chi connectivity index (χ3v) is 5.45. The van der Waals surface area contributed by atoms with Crippen molar-refractivity contribution in [1.82, 2.24) is 14.7 Å². The molecule has 8 nitrogen and oxygen atoms in total. The van der Waals surface area contributed by atoms with Crippen molar-refractivity contribution < 1.29 is 24.1 Å². The summed E-state index contributed by atoms with van der Waals surface area (Å²) in [6.07, 6.45) is -0.539. The maximum atomic E-state index is 13.6. The SMILES string of the molecule is CCn1nc(C(C)C)cc1C(=O)N1CCO[C@H](CO)[C@H]1c1ccc(OC)c(OC)c1. The molecule has 1 aromatic carbocycles. The zero-order chi connectivity index (χ0) is 21.8. The lowest BCUT2D eigenvalue weighted by atomic mass is 9.97. The van der Waals surface area contributed by atoms with Crippen LogP contribution in [0.4, 0.5) is 0 Å². The monoisotopic (exact) mass is 417 g/mol. The number of amides is 1. The standard InChI is InChI=1S/C22H31N3O5/c1-6-25-17(12-16(23-25)14(2)3)22(27)24-9-10-30-20(13-26)21(24)15-7-8-18(28-4)19(11-15)29-5/h7-8,11-12,14,20-21,26H,6,9-10,13H2,1-5H3/t20-,21-/m1/s1. The fourth-order valence-electron chi connectivity index (χ4n) is 3.82. The molecule has 1 saturated heterocycles. The number of rotatable bonds is 7. The Hall–Kier alpha value is -2.58. The summed E-state index contributed by atoms with van der Waals surface area (Å²) in [5.74, 6) is 1.26. The highest BCUT2D eigenvalue weighted by Crippen LogP contribution is 2.36. The molecule has 8 heteroatoms. The molecule has 2 atom stereocenters. The third kappa shape index (κ3) is 4.15. The predicted molar refractivity (Wildman–Crippen MR) is 112 cm³/mol. The molecule has 0 aliphatic carbocycles. The van der Waals surface area contributed by atoms with Crippen LogP contribution in [0.15, 0.2) is 24.3 Å². The fourth-order valence-corrected chi connectivity index (χ4v) is 3.82. The number of ether oxygens (including phenoxy) is 3. The van der Waals surface area contributed by atoms with Crippen LogP contribution in [0, 0.1) is 0 Å². The first kappa shape index (κ1) is 22.1. The summed E-state index contributed by atoms with van der Waals surface area (Å²) in [6.45, 7) is 7.25. The summed E-state index contributed by atoms with van der Waals surface area (Å²) in [6, 6.07) is 6.91. The van der Waals surface area contributed by atoms with Crippen molar-refractivity contribution in [2.24, 2.45) is 0 Å². The Labute approximate surface area is 177 Å². The lowest BCUT2D eigenvalue weighted by Crippen LogP contribution is -2.49. The van der Waals surface area contributed by atoms with Crippen LogP contribution in [0.5, 0.6) is 11.5 Å². The van der Waals surface area contributed by atoms with Crippen molar-refractivity contribution in [3.8, 4) is 11.5 Å². The van der Waals surface area contributed by atoms with Gasteiger partial charge in [0.05, 0.1) is 39.2 Å². The second kappa shape index (κ2) is 9.49. The Morgan fingerprint density at radius 3 is 2.60 bits per heavy atom. The first-order valence-electron chi connectivity index (χ1n) is 10.3. The minimum absolute atomic E-state index is 0.127. The van der Waals surface area contributed by atoms with Gasteiger partial charge < -0.3 is 24.2 Å². The lowest BCUT2D eigenvalue weighted by Gasteiger charge is -2.41. The van der Waals surface area contributed by atoms with Crippen LogP contribution in [0.2, 0.25) is 0 Å². The zero-order valence-corrected chi connectivity index (χ0v) is 18.3. The van der Waals surface area contributed by atoms with E-state index >= 15 is 0 Å². The normalized spacial score (nSPS) is 19.2. The Kier molecular flexibility index (Phi) is 6.99. The molecule has 2 aromatic rings. The van der Waals surface area contributed by atoms with Gasteiger partial charge >= 0.3 is 0 Å². The highest BCUT2D eigenvalue weighted by molar-refractivity contribution is 5.93. The average Bonchev–Trinajstić information content (AvgIpc) is 3.22. The predicted octanol–water partition coefficient (Wildman–Crippen LogP) is 2.62. The van der Waals surface area contributed by atoms with Crippen molar-refractivity contribution in [2.75, 3.05) is 34.0 Å². The molecular weight excluding hydrogens is 386 g/mol. The number of hydrogen-bond acceptors (Lipinski definition) is 6. The number of nitrogens with zero attached hydrogens (tertiary/aromatic N) is 3. The quantitative estimate of drug-likeness (QED) is 0.745. The number of hydrogen-bond donors (Lipinski definition) is 1. The van der Waals surface area contributed by atoms with Gasteiger partial charge in [0, 0.05) is 13.1 Å². The number of aromatic nitrogens is 2. The largest absolute Gasteiger partial charge is 0.493 e.